The Morgan fingerprint density at radius 3 is 2.94 bits per heavy atom. The summed E-state index contributed by atoms with van der Waals surface area (Å²) in [5.74, 6) is 0.667. The van der Waals surface area contributed by atoms with Gasteiger partial charge < -0.3 is 5.73 Å². The van der Waals surface area contributed by atoms with Gasteiger partial charge in [0.15, 0.2) is 0 Å². The summed E-state index contributed by atoms with van der Waals surface area (Å²) in [5, 5.41) is 4.24. The maximum Gasteiger partial charge on any atom is 0.0663 e. The fraction of sp³-hybridized carbons (Fsp3) is 0.727. The summed E-state index contributed by atoms with van der Waals surface area (Å²) in [6.07, 6.45) is 4.40. The van der Waals surface area contributed by atoms with Crippen LogP contribution in [0.3, 0.4) is 0 Å². The average Bonchev–Trinajstić information content (AvgIpc) is 2.61. The van der Waals surface area contributed by atoms with Gasteiger partial charge in [0, 0.05) is 20.1 Å². The Kier molecular flexibility index (Phi) is 5.92. The molecule has 6 heteroatoms. The highest BCUT2D eigenvalue weighted by atomic mass is 79.9. The Bertz CT molecular complexity index is 336. The highest BCUT2D eigenvalue weighted by molar-refractivity contribution is 9.10. The number of halogens is 2. The van der Waals surface area contributed by atoms with E-state index in [9.17, 15) is 0 Å². The van der Waals surface area contributed by atoms with Crippen LogP contribution in [0.4, 0.5) is 0 Å². The van der Waals surface area contributed by atoms with E-state index >= 15 is 0 Å². The van der Waals surface area contributed by atoms with E-state index in [1.165, 1.54) is 25.1 Å². The zero-order valence-electron chi connectivity index (χ0n) is 10.1. The standard InChI is InChI=1S/C11H19BrN4.ClH/c1-15-11(10(12)6-14-15)8-16-4-2-3-9(5-13)7-16;/h6,9H,2-5,7-8,13H2,1H3;1H. The molecule has 0 radical (unpaired) electrons. The van der Waals surface area contributed by atoms with Gasteiger partial charge in [0.1, 0.15) is 0 Å². The van der Waals surface area contributed by atoms with Gasteiger partial charge in [-0.05, 0) is 47.8 Å². The van der Waals surface area contributed by atoms with Gasteiger partial charge in [-0.3, -0.25) is 9.58 Å². The lowest BCUT2D eigenvalue weighted by Gasteiger charge is -2.32. The third kappa shape index (κ3) is 3.68. The summed E-state index contributed by atoms with van der Waals surface area (Å²) in [6.45, 7) is 4.07. The van der Waals surface area contributed by atoms with Gasteiger partial charge in [0.05, 0.1) is 16.4 Å². The van der Waals surface area contributed by atoms with Crippen molar-refractivity contribution in [1.29, 1.82) is 0 Å². The van der Waals surface area contributed by atoms with Gasteiger partial charge in [-0.25, -0.2) is 0 Å². The number of aromatic nitrogens is 2. The van der Waals surface area contributed by atoms with E-state index in [1.807, 2.05) is 17.9 Å². The summed E-state index contributed by atoms with van der Waals surface area (Å²) in [6, 6.07) is 0. The van der Waals surface area contributed by atoms with Crippen LogP contribution >= 0.6 is 28.3 Å². The molecule has 1 saturated heterocycles. The number of piperidine rings is 1. The quantitative estimate of drug-likeness (QED) is 0.922. The minimum atomic E-state index is 0. The van der Waals surface area contributed by atoms with Crippen molar-refractivity contribution < 1.29 is 0 Å². The molecule has 1 aromatic heterocycles. The molecule has 17 heavy (non-hydrogen) atoms. The lowest BCUT2D eigenvalue weighted by atomic mass is 9.98. The molecule has 0 spiro atoms. The molecule has 1 fully saturated rings. The molecule has 0 aliphatic carbocycles. The summed E-state index contributed by atoms with van der Waals surface area (Å²) >= 11 is 3.54. The molecule has 0 saturated carbocycles. The summed E-state index contributed by atoms with van der Waals surface area (Å²) in [4.78, 5) is 2.48. The van der Waals surface area contributed by atoms with Gasteiger partial charge in [-0.2, -0.15) is 5.10 Å². The molecule has 0 amide bonds. The van der Waals surface area contributed by atoms with Crippen LogP contribution < -0.4 is 5.73 Å². The van der Waals surface area contributed by atoms with Crippen LogP contribution in [0.5, 0.6) is 0 Å². The van der Waals surface area contributed by atoms with E-state index in [4.69, 9.17) is 5.73 Å². The topological polar surface area (TPSA) is 47.1 Å². The zero-order valence-corrected chi connectivity index (χ0v) is 12.5. The molecule has 98 valence electrons. The molecule has 0 bridgehead atoms. The van der Waals surface area contributed by atoms with E-state index < -0.39 is 0 Å². The summed E-state index contributed by atoms with van der Waals surface area (Å²) in [5.41, 5.74) is 6.99. The van der Waals surface area contributed by atoms with E-state index in [2.05, 4.69) is 25.9 Å². The lowest BCUT2D eigenvalue weighted by molar-refractivity contribution is 0.167. The van der Waals surface area contributed by atoms with Crippen LogP contribution in [0.25, 0.3) is 0 Å². The summed E-state index contributed by atoms with van der Waals surface area (Å²) in [7, 11) is 1.99. The number of rotatable bonds is 3. The van der Waals surface area contributed by atoms with Crippen molar-refractivity contribution in [2.45, 2.75) is 19.4 Å². The SMILES string of the molecule is Cl.Cn1ncc(Br)c1CN1CCCC(CN)C1. The molecule has 1 aliphatic heterocycles. The first-order valence-corrected chi connectivity index (χ1v) is 6.58. The molecule has 2 N–H and O–H groups in total. The van der Waals surface area contributed by atoms with Crippen LogP contribution in [-0.2, 0) is 13.6 Å². The number of hydrogen-bond acceptors (Lipinski definition) is 3. The second-order valence-corrected chi connectivity index (χ2v) is 5.40. The Hall–Kier alpha value is -0.100. The molecule has 2 heterocycles. The smallest absolute Gasteiger partial charge is 0.0663 e. The lowest BCUT2D eigenvalue weighted by Crippen LogP contribution is -2.38. The molecule has 0 aromatic carbocycles. The predicted octanol–water partition coefficient (Wildman–Crippen LogP) is 1.78. The third-order valence-electron chi connectivity index (χ3n) is 3.32. The Balaban J connectivity index is 0.00000144. The highest BCUT2D eigenvalue weighted by Crippen LogP contribution is 2.21. The fourth-order valence-electron chi connectivity index (χ4n) is 2.31. The van der Waals surface area contributed by atoms with Crippen molar-refractivity contribution in [3.63, 3.8) is 0 Å². The van der Waals surface area contributed by atoms with Crippen LogP contribution in [0.2, 0.25) is 0 Å². The van der Waals surface area contributed by atoms with Crippen molar-refractivity contribution in [3.8, 4) is 0 Å². The number of nitrogens with zero attached hydrogens (tertiary/aromatic N) is 3. The molecular weight excluding hydrogens is 304 g/mol. The van der Waals surface area contributed by atoms with Crippen molar-refractivity contribution in [2.75, 3.05) is 19.6 Å². The number of aryl methyl sites for hydroxylation is 1. The minimum absolute atomic E-state index is 0. The number of hydrogen-bond donors (Lipinski definition) is 1. The maximum absolute atomic E-state index is 5.75. The van der Waals surface area contributed by atoms with E-state index in [0.29, 0.717) is 5.92 Å². The highest BCUT2D eigenvalue weighted by Gasteiger charge is 2.20. The number of likely N-dealkylation sites (tertiary alicyclic amines) is 1. The minimum Gasteiger partial charge on any atom is -0.330 e. The summed E-state index contributed by atoms with van der Waals surface area (Å²) < 4.78 is 3.04. The first-order valence-electron chi connectivity index (χ1n) is 5.79. The zero-order chi connectivity index (χ0) is 11.5. The van der Waals surface area contributed by atoms with Crippen molar-refractivity contribution >= 4 is 28.3 Å². The van der Waals surface area contributed by atoms with E-state index in [-0.39, 0.29) is 12.4 Å². The molecule has 1 atom stereocenters. The molecular formula is C11H20BrClN4. The maximum atomic E-state index is 5.75. The monoisotopic (exact) mass is 322 g/mol. The van der Waals surface area contributed by atoms with Gasteiger partial charge in [0.25, 0.3) is 0 Å². The Morgan fingerprint density at radius 2 is 2.35 bits per heavy atom. The Morgan fingerprint density at radius 1 is 1.59 bits per heavy atom. The number of nitrogens with two attached hydrogens (primary N) is 1. The van der Waals surface area contributed by atoms with Crippen LogP contribution in [0.15, 0.2) is 10.7 Å². The van der Waals surface area contributed by atoms with Gasteiger partial charge in [-0.1, -0.05) is 0 Å². The second-order valence-electron chi connectivity index (χ2n) is 4.54. The van der Waals surface area contributed by atoms with Crippen molar-refractivity contribution in [2.24, 2.45) is 18.7 Å². The first kappa shape index (κ1) is 15.0. The molecule has 1 unspecified atom stereocenters. The van der Waals surface area contributed by atoms with Crippen LogP contribution in [-0.4, -0.2) is 34.3 Å². The predicted molar refractivity (Wildman–Crippen MR) is 75.2 cm³/mol. The average molecular weight is 324 g/mol. The molecule has 2 rings (SSSR count). The first-order chi connectivity index (χ1) is 7.70. The molecule has 4 nitrogen and oxygen atoms in total. The Labute approximate surface area is 117 Å². The molecule has 1 aliphatic rings. The van der Waals surface area contributed by atoms with Gasteiger partial charge in [0.2, 0.25) is 0 Å². The van der Waals surface area contributed by atoms with Crippen LogP contribution in [0, 0.1) is 5.92 Å². The normalized spacial score (nSPS) is 21.2. The van der Waals surface area contributed by atoms with E-state index in [1.54, 1.807) is 0 Å². The van der Waals surface area contributed by atoms with Crippen molar-refractivity contribution in [1.82, 2.24) is 14.7 Å². The fourth-order valence-corrected chi connectivity index (χ4v) is 2.79. The van der Waals surface area contributed by atoms with Gasteiger partial charge >= 0.3 is 0 Å². The molecule has 1 aromatic rings. The van der Waals surface area contributed by atoms with Crippen LogP contribution in [0.1, 0.15) is 18.5 Å². The van der Waals surface area contributed by atoms with Crippen molar-refractivity contribution in [3.05, 3.63) is 16.4 Å². The second kappa shape index (κ2) is 6.73. The van der Waals surface area contributed by atoms with E-state index in [0.717, 1.165) is 24.1 Å². The van der Waals surface area contributed by atoms with Gasteiger partial charge in [-0.15, -0.1) is 12.4 Å². The third-order valence-corrected chi connectivity index (χ3v) is 3.98. The largest absolute Gasteiger partial charge is 0.330 e.